The lowest BCUT2D eigenvalue weighted by Gasteiger charge is -2.32. The second-order valence-electron chi connectivity index (χ2n) is 5.28. The summed E-state index contributed by atoms with van der Waals surface area (Å²) in [5.74, 6) is 0.636. The Morgan fingerprint density at radius 1 is 1.37 bits per heavy atom. The Balaban J connectivity index is 1.80. The standard InChI is InChI=1S/C15H22BrFN2/c1-2-18-10-12-5-7-19(8-6-12)11-13-3-4-14(16)15(17)9-13/h3-4,9,12,18H,2,5-8,10-11H2,1H3. The van der Waals surface area contributed by atoms with Crippen LogP contribution in [0.25, 0.3) is 0 Å². The second kappa shape index (κ2) is 7.36. The third-order valence-electron chi connectivity index (χ3n) is 3.78. The molecule has 0 radical (unpaired) electrons. The quantitative estimate of drug-likeness (QED) is 0.891. The normalized spacial score (nSPS) is 17.8. The summed E-state index contributed by atoms with van der Waals surface area (Å²) in [6, 6.07) is 5.43. The zero-order valence-corrected chi connectivity index (χ0v) is 13.0. The monoisotopic (exact) mass is 328 g/mol. The maximum absolute atomic E-state index is 13.5. The van der Waals surface area contributed by atoms with Crippen molar-refractivity contribution < 1.29 is 4.39 Å². The molecule has 0 unspecified atom stereocenters. The van der Waals surface area contributed by atoms with Crippen molar-refractivity contribution in [3.8, 4) is 0 Å². The van der Waals surface area contributed by atoms with E-state index in [0.717, 1.165) is 44.2 Å². The Morgan fingerprint density at radius 2 is 2.11 bits per heavy atom. The number of hydrogen-bond acceptors (Lipinski definition) is 2. The van der Waals surface area contributed by atoms with E-state index in [0.29, 0.717) is 4.47 Å². The number of rotatable bonds is 5. The van der Waals surface area contributed by atoms with Crippen LogP contribution < -0.4 is 5.32 Å². The lowest BCUT2D eigenvalue weighted by Crippen LogP contribution is -2.36. The van der Waals surface area contributed by atoms with Crippen LogP contribution in [0.3, 0.4) is 0 Å². The van der Waals surface area contributed by atoms with Crippen molar-refractivity contribution in [3.05, 3.63) is 34.1 Å². The lowest BCUT2D eigenvalue weighted by molar-refractivity contribution is 0.175. The first-order valence-electron chi connectivity index (χ1n) is 7.06. The molecule has 0 amide bonds. The van der Waals surface area contributed by atoms with Crippen LogP contribution in [0.15, 0.2) is 22.7 Å². The minimum Gasteiger partial charge on any atom is -0.317 e. The number of piperidine rings is 1. The van der Waals surface area contributed by atoms with Crippen molar-refractivity contribution in [1.82, 2.24) is 10.2 Å². The highest BCUT2D eigenvalue weighted by molar-refractivity contribution is 9.10. The van der Waals surface area contributed by atoms with Crippen molar-refractivity contribution in [1.29, 1.82) is 0 Å². The average Bonchev–Trinajstić information content (AvgIpc) is 2.42. The van der Waals surface area contributed by atoms with Gasteiger partial charge in [-0.25, -0.2) is 4.39 Å². The van der Waals surface area contributed by atoms with Gasteiger partial charge in [-0.1, -0.05) is 13.0 Å². The predicted molar refractivity (Wildman–Crippen MR) is 80.6 cm³/mol. The average molecular weight is 329 g/mol. The van der Waals surface area contributed by atoms with Crippen LogP contribution in [-0.4, -0.2) is 31.1 Å². The number of benzene rings is 1. The van der Waals surface area contributed by atoms with E-state index in [1.165, 1.54) is 12.8 Å². The van der Waals surface area contributed by atoms with E-state index in [-0.39, 0.29) is 5.82 Å². The van der Waals surface area contributed by atoms with E-state index in [1.54, 1.807) is 12.1 Å². The summed E-state index contributed by atoms with van der Waals surface area (Å²) in [5.41, 5.74) is 1.06. The summed E-state index contributed by atoms with van der Waals surface area (Å²) in [7, 11) is 0. The van der Waals surface area contributed by atoms with Crippen molar-refractivity contribution >= 4 is 15.9 Å². The summed E-state index contributed by atoms with van der Waals surface area (Å²) in [5, 5.41) is 3.42. The Labute approximate surface area is 123 Å². The van der Waals surface area contributed by atoms with Gasteiger partial charge in [0.2, 0.25) is 0 Å². The zero-order chi connectivity index (χ0) is 13.7. The number of likely N-dealkylation sites (tertiary alicyclic amines) is 1. The van der Waals surface area contributed by atoms with Gasteiger partial charge >= 0.3 is 0 Å². The molecule has 0 saturated carbocycles. The van der Waals surface area contributed by atoms with E-state index < -0.39 is 0 Å². The molecule has 1 saturated heterocycles. The molecule has 106 valence electrons. The highest BCUT2D eigenvalue weighted by Gasteiger charge is 2.18. The SMILES string of the molecule is CCNCC1CCN(Cc2ccc(Br)c(F)c2)CC1. The number of nitrogens with zero attached hydrogens (tertiary/aromatic N) is 1. The molecule has 0 spiro atoms. The van der Waals surface area contributed by atoms with Gasteiger partial charge in [0.25, 0.3) is 0 Å². The van der Waals surface area contributed by atoms with E-state index in [9.17, 15) is 4.39 Å². The van der Waals surface area contributed by atoms with E-state index in [1.807, 2.05) is 6.07 Å². The van der Waals surface area contributed by atoms with Gasteiger partial charge in [-0.2, -0.15) is 0 Å². The first kappa shape index (κ1) is 14.9. The van der Waals surface area contributed by atoms with Gasteiger partial charge in [0.05, 0.1) is 4.47 Å². The molecule has 19 heavy (non-hydrogen) atoms. The van der Waals surface area contributed by atoms with Crippen molar-refractivity contribution in [2.45, 2.75) is 26.3 Å². The smallest absolute Gasteiger partial charge is 0.137 e. The molecule has 1 aromatic carbocycles. The van der Waals surface area contributed by atoms with Gasteiger partial charge in [-0.15, -0.1) is 0 Å². The molecule has 0 bridgehead atoms. The maximum Gasteiger partial charge on any atom is 0.137 e. The summed E-state index contributed by atoms with van der Waals surface area (Å²) < 4.78 is 14.0. The molecule has 2 rings (SSSR count). The van der Waals surface area contributed by atoms with Crippen LogP contribution in [-0.2, 0) is 6.54 Å². The second-order valence-corrected chi connectivity index (χ2v) is 6.13. The first-order valence-corrected chi connectivity index (χ1v) is 7.85. The third kappa shape index (κ3) is 4.55. The third-order valence-corrected chi connectivity index (χ3v) is 4.42. The number of halogens is 2. The molecule has 1 aliphatic rings. The van der Waals surface area contributed by atoms with Crippen LogP contribution in [0.4, 0.5) is 4.39 Å². The van der Waals surface area contributed by atoms with Crippen molar-refractivity contribution in [2.24, 2.45) is 5.92 Å². The molecular formula is C15H22BrFN2. The molecule has 2 nitrogen and oxygen atoms in total. The highest BCUT2D eigenvalue weighted by Crippen LogP contribution is 2.21. The van der Waals surface area contributed by atoms with E-state index >= 15 is 0 Å². The van der Waals surface area contributed by atoms with Gasteiger partial charge in [0.15, 0.2) is 0 Å². The summed E-state index contributed by atoms with van der Waals surface area (Å²) in [6.45, 7) is 7.44. The molecule has 4 heteroatoms. The van der Waals surface area contributed by atoms with Gasteiger partial charge < -0.3 is 5.32 Å². The molecule has 1 fully saturated rings. The van der Waals surface area contributed by atoms with Crippen LogP contribution in [0.1, 0.15) is 25.3 Å². The van der Waals surface area contributed by atoms with Crippen LogP contribution >= 0.6 is 15.9 Å². The molecule has 1 N–H and O–H groups in total. The van der Waals surface area contributed by atoms with Crippen molar-refractivity contribution in [2.75, 3.05) is 26.2 Å². The largest absolute Gasteiger partial charge is 0.317 e. The number of nitrogens with one attached hydrogen (secondary N) is 1. The molecule has 0 aliphatic carbocycles. The van der Waals surface area contributed by atoms with Crippen LogP contribution in [0.2, 0.25) is 0 Å². The van der Waals surface area contributed by atoms with E-state index in [2.05, 4.69) is 33.1 Å². The highest BCUT2D eigenvalue weighted by atomic mass is 79.9. The Morgan fingerprint density at radius 3 is 2.74 bits per heavy atom. The maximum atomic E-state index is 13.5. The minimum atomic E-state index is -0.167. The Kier molecular flexibility index (Phi) is 5.79. The molecule has 1 aromatic rings. The van der Waals surface area contributed by atoms with Crippen LogP contribution in [0.5, 0.6) is 0 Å². The summed E-state index contributed by atoms with van der Waals surface area (Å²) >= 11 is 3.19. The zero-order valence-electron chi connectivity index (χ0n) is 11.5. The van der Waals surface area contributed by atoms with Gasteiger partial charge in [-0.3, -0.25) is 4.90 Å². The molecular weight excluding hydrogens is 307 g/mol. The fraction of sp³-hybridized carbons (Fsp3) is 0.600. The minimum absolute atomic E-state index is 0.167. The molecule has 0 atom stereocenters. The molecule has 0 aromatic heterocycles. The van der Waals surface area contributed by atoms with Gasteiger partial charge in [0, 0.05) is 6.54 Å². The topological polar surface area (TPSA) is 15.3 Å². The molecule has 1 heterocycles. The van der Waals surface area contributed by atoms with Crippen LogP contribution in [0, 0.1) is 11.7 Å². The Hall–Kier alpha value is -0.450. The lowest BCUT2D eigenvalue weighted by atomic mass is 9.96. The fourth-order valence-corrected chi connectivity index (χ4v) is 2.84. The molecule has 1 aliphatic heterocycles. The first-order chi connectivity index (χ1) is 9.19. The number of hydrogen-bond donors (Lipinski definition) is 1. The van der Waals surface area contributed by atoms with E-state index in [4.69, 9.17) is 0 Å². The van der Waals surface area contributed by atoms with Gasteiger partial charge in [-0.05, 0) is 78.6 Å². The summed E-state index contributed by atoms with van der Waals surface area (Å²) in [4.78, 5) is 2.42. The Bertz CT molecular complexity index is 403. The fourth-order valence-electron chi connectivity index (χ4n) is 2.59. The van der Waals surface area contributed by atoms with Gasteiger partial charge in [0.1, 0.15) is 5.82 Å². The van der Waals surface area contributed by atoms with Crippen molar-refractivity contribution in [3.63, 3.8) is 0 Å². The predicted octanol–water partition coefficient (Wildman–Crippen LogP) is 3.41. The summed E-state index contributed by atoms with van der Waals surface area (Å²) in [6.07, 6.45) is 2.48.